The van der Waals surface area contributed by atoms with E-state index in [2.05, 4.69) is 0 Å². The van der Waals surface area contributed by atoms with Crippen molar-refractivity contribution in [2.24, 2.45) is 0 Å². The van der Waals surface area contributed by atoms with Crippen molar-refractivity contribution in [2.75, 3.05) is 0 Å². The molecule has 0 unspecified atom stereocenters. The summed E-state index contributed by atoms with van der Waals surface area (Å²) in [6.07, 6.45) is 0. The molecule has 0 amide bonds. The first-order valence-corrected chi connectivity index (χ1v) is 0.908. The average molecular weight is 162 g/mol. The molecule has 0 aliphatic heterocycles. The number of rotatable bonds is 0. The first kappa shape index (κ1) is 8.92. The minimum atomic E-state index is -1.08. The maximum atomic E-state index is 8.89. The minimum Gasteiger partial charge on any atom is -0.550 e. The SMILES string of the molecule is CC(=O)[O-].[Rh+]. The normalized spacial score (nSPS) is 5.00. The van der Waals surface area contributed by atoms with Crippen LogP contribution in [-0.2, 0) is 24.3 Å². The summed E-state index contributed by atoms with van der Waals surface area (Å²) in [5, 5.41) is 8.89. The molecule has 0 heterocycles. The van der Waals surface area contributed by atoms with Gasteiger partial charge in [0.15, 0.2) is 0 Å². The summed E-state index contributed by atoms with van der Waals surface area (Å²) in [5.74, 6) is -1.08. The Kier molecular flexibility index (Phi) is 7.30. The van der Waals surface area contributed by atoms with Gasteiger partial charge in [-0.3, -0.25) is 0 Å². The fourth-order valence-corrected chi connectivity index (χ4v) is 0. The molecule has 2 nitrogen and oxygen atoms in total. The van der Waals surface area contributed by atoms with Gasteiger partial charge in [0, 0.05) is 5.97 Å². The summed E-state index contributed by atoms with van der Waals surface area (Å²) in [6.45, 7) is 0.972. The third kappa shape index (κ3) is 2060. The zero-order chi connectivity index (χ0) is 3.58. The molecule has 0 aromatic carbocycles. The minimum absolute atomic E-state index is 0. The van der Waals surface area contributed by atoms with Gasteiger partial charge in [-0.15, -0.1) is 0 Å². The van der Waals surface area contributed by atoms with E-state index in [1.54, 1.807) is 0 Å². The van der Waals surface area contributed by atoms with Gasteiger partial charge in [0.2, 0.25) is 0 Å². The van der Waals surface area contributed by atoms with Crippen molar-refractivity contribution in [1.29, 1.82) is 0 Å². The van der Waals surface area contributed by atoms with Crippen LogP contribution in [0.5, 0.6) is 0 Å². The third-order valence-electron chi connectivity index (χ3n) is 0. The fraction of sp³-hybridized carbons (Fsp3) is 0.500. The topological polar surface area (TPSA) is 40.1 Å². The molecule has 0 aromatic rings. The van der Waals surface area contributed by atoms with Crippen molar-refractivity contribution in [3.05, 3.63) is 0 Å². The zero-order valence-electron chi connectivity index (χ0n) is 2.65. The molecule has 0 bridgehead atoms. The fourth-order valence-electron chi connectivity index (χ4n) is 0. The second kappa shape index (κ2) is 4.09. The number of hydrogen-bond acceptors (Lipinski definition) is 2. The van der Waals surface area contributed by atoms with E-state index >= 15 is 0 Å². The molecule has 0 rings (SSSR count). The molecule has 0 N–H and O–H groups in total. The first-order valence-electron chi connectivity index (χ1n) is 0.908. The number of carboxylic acid groups (broad SMARTS) is 1. The maximum absolute atomic E-state index is 8.89. The van der Waals surface area contributed by atoms with Crippen LogP contribution in [0.25, 0.3) is 0 Å². The van der Waals surface area contributed by atoms with Crippen LogP contribution in [0.1, 0.15) is 6.92 Å². The van der Waals surface area contributed by atoms with Gasteiger partial charge >= 0.3 is 19.5 Å². The quantitative estimate of drug-likeness (QED) is 0.417. The molecular weight excluding hydrogens is 159 g/mol. The predicted octanol–water partition coefficient (Wildman–Crippen LogP) is -1.25. The Morgan fingerprint density at radius 3 is 1.80 bits per heavy atom. The summed E-state index contributed by atoms with van der Waals surface area (Å²) < 4.78 is 0. The van der Waals surface area contributed by atoms with Gasteiger partial charge in [0.25, 0.3) is 0 Å². The smallest absolute Gasteiger partial charge is 0.550 e. The zero-order valence-corrected chi connectivity index (χ0v) is 4.29. The molecule has 32 valence electrons. The van der Waals surface area contributed by atoms with E-state index < -0.39 is 5.97 Å². The van der Waals surface area contributed by atoms with Gasteiger partial charge in [-0.1, -0.05) is 0 Å². The number of carboxylic acids is 1. The average Bonchev–Trinajstić information content (AvgIpc) is 0.811. The van der Waals surface area contributed by atoms with E-state index in [0.717, 1.165) is 6.92 Å². The third-order valence-corrected chi connectivity index (χ3v) is 0. The molecule has 0 fully saturated rings. The van der Waals surface area contributed by atoms with Crippen molar-refractivity contribution < 1.29 is 29.4 Å². The van der Waals surface area contributed by atoms with E-state index in [1.165, 1.54) is 0 Å². The monoisotopic (exact) mass is 162 g/mol. The number of hydrogen-bond donors (Lipinski definition) is 0. The van der Waals surface area contributed by atoms with Crippen LogP contribution in [0.2, 0.25) is 0 Å². The maximum Gasteiger partial charge on any atom is 1.00 e. The van der Waals surface area contributed by atoms with E-state index in [1.807, 2.05) is 0 Å². The second-order valence-corrected chi connectivity index (χ2v) is 0.492. The van der Waals surface area contributed by atoms with Crippen LogP contribution < -0.4 is 5.11 Å². The molecule has 0 aliphatic rings. The van der Waals surface area contributed by atoms with Crippen LogP contribution in [0.3, 0.4) is 0 Å². The molecule has 0 atom stereocenters. The summed E-state index contributed by atoms with van der Waals surface area (Å²) >= 11 is 0. The van der Waals surface area contributed by atoms with Crippen LogP contribution in [-0.4, -0.2) is 5.97 Å². The van der Waals surface area contributed by atoms with E-state index in [0.29, 0.717) is 0 Å². The van der Waals surface area contributed by atoms with Gasteiger partial charge in [0.05, 0.1) is 0 Å². The molecule has 5 heavy (non-hydrogen) atoms. The van der Waals surface area contributed by atoms with Crippen molar-refractivity contribution >= 4 is 5.97 Å². The van der Waals surface area contributed by atoms with E-state index in [9.17, 15) is 0 Å². The Hall–Kier alpha value is 0.0934. The van der Waals surface area contributed by atoms with Crippen LogP contribution in [0.15, 0.2) is 0 Å². The molecule has 0 aliphatic carbocycles. The van der Waals surface area contributed by atoms with Gasteiger partial charge in [-0.2, -0.15) is 0 Å². The van der Waals surface area contributed by atoms with Crippen molar-refractivity contribution in [1.82, 2.24) is 0 Å². The van der Waals surface area contributed by atoms with Crippen molar-refractivity contribution in [3.63, 3.8) is 0 Å². The molecule has 0 spiro atoms. The Labute approximate surface area is 42.9 Å². The number of carbonyl (C=O) groups is 1. The predicted molar refractivity (Wildman–Crippen MR) is 10.7 cm³/mol. The van der Waals surface area contributed by atoms with Crippen LogP contribution >= 0.6 is 0 Å². The largest absolute Gasteiger partial charge is 1.00 e. The summed E-state index contributed by atoms with van der Waals surface area (Å²) in [4.78, 5) is 8.89. The summed E-state index contributed by atoms with van der Waals surface area (Å²) in [7, 11) is 0. The Morgan fingerprint density at radius 1 is 1.80 bits per heavy atom. The molecule has 0 saturated carbocycles. The number of aliphatic carboxylic acids is 1. The number of carbonyl (C=O) groups excluding carboxylic acids is 1. The Morgan fingerprint density at radius 2 is 1.80 bits per heavy atom. The van der Waals surface area contributed by atoms with Crippen molar-refractivity contribution in [2.45, 2.75) is 6.92 Å². The standard InChI is InChI=1S/C2H4O2.Rh/c1-2(3)4;/h1H3,(H,3,4);/q;+1/p-1. The van der Waals surface area contributed by atoms with Crippen LogP contribution in [0.4, 0.5) is 0 Å². The molecule has 0 radical (unpaired) electrons. The molecule has 0 saturated heterocycles. The van der Waals surface area contributed by atoms with Gasteiger partial charge in [-0.05, 0) is 6.92 Å². The molecular formula is C2H3O2Rh. The Bertz CT molecular complexity index is 30.6. The van der Waals surface area contributed by atoms with Gasteiger partial charge in [0.1, 0.15) is 0 Å². The van der Waals surface area contributed by atoms with E-state index in [-0.39, 0.29) is 19.5 Å². The van der Waals surface area contributed by atoms with Crippen LogP contribution in [0, 0.1) is 0 Å². The van der Waals surface area contributed by atoms with Crippen molar-refractivity contribution in [3.8, 4) is 0 Å². The summed E-state index contributed by atoms with van der Waals surface area (Å²) in [5.41, 5.74) is 0. The van der Waals surface area contributed by atoms with Gasteiger partial charge < -0.3 is 9.90 Å². The first-order chi connectivity index (χ1) is 1.73. The Balaban J connectivity index is 0. The molecule has 0 aromatic heterocycles. The molecule has 3 heteroatoms. The second-order valence-electron chi connectivity index (χ2n) is 0.492. The van der Waals surface area contributed by atoms with E-state index in [4.69, 9.17) is 9.90 Å². The summed E-state index contributed by atoms with van der Waals surface area (Å²) in [6, 6.07) is 0. The van der Waals surface area contributed by atoms with Gasteiger partial charge in [-0.25, -0.2) is 0 Å².